The first-order valence-corrected chi connectivity index (χ1v) is 4.71. The zero-order valence-corrected chi connectivity index (χ0v) is 9.04. The third kappa shape index (κ3) is 2.98. The Morgan fingerprint density at radius 1 is 1.53 bits per heavy atom. The maximum absolute atomic E-state index is 13.2. The maximum Gasteiger partial charge on any atom is 0.322 e. The number of benzene rings is 1. The fourth-order valence-electron chi connectivity index (χ4n) is 1.34. The number of hydrogen-bond donors (Lipinski definition) is 1. The van der Waals surface area contributed by atoms with Crippen molar-refractivity contribution in [2.45, 2.75) is 12.5 Å². The second kappa shape index (κ2) is 5.37. The Labute approximate surface area is 96.6 Å². The van der Waals surface area contributed by atoms with Gasteiger partial charge in [0.05, 0.1) is 7.11 Å². The summed E-state index contributed by atoms with van der Waals surface area (Å²) in [6, 6.07) is 2.36. The predicted octanol–water partition coefficient (Wildman–Crippen LogP) is 0.879. The zero-order chi connectivity index (χ0) is 13.0. The standard InChI is InChI=1S/C11H10F2N2O2/c1-17-11(16)10(15)4-6-2-8(12)7(5-14)9(13)3-6/h2-3,10H,4,15H2,1H3/t10-/m0/s1. The minimum atomic E-state index is -0.994. The molecule has 1 aromatic rings. The average molecular weight is 240 g/mol. The lowest BCUT2D eigenvalue weighted by molar-refractivity contribution is -0.142. The van der Waals surface area contributed by atoms with Crippen LogP contribution in [0.15, 0.2) is 12.1 Å². The molecular weight excluding hydrogens is 230 g/mol. The van der Waals surface area contributed by atoms with Crippen molar-refractivity contribution >= 4 is 5.97 Å². The van der Waals surface area contributed by atoms with E-state index in [4.69, 9.17) is 11.0 Å². The van der Waals surface area contributed by atoms with Crippen molar-refractivity contribution in [3.63, 3.8) is 0 Å². The van der Waals surface area contributed by atoms with Crippen molar-refractivity contribution in [2.24, 2.45) is 5.73 Å². The SMILES string of the molecule is COC(=O)[C@@H](N)Cc1cc(F)c(C#N)c(F)c1. The molecule has 4 nitrogen and oxygen atoms in total. The molecule has 0 aliphatic carbocycles. The second-order valence-corrected chi connectivity index (χ2v) is 3.38. The molecule has 0 amide bonds. The van der Waals surface area contributed by atoms with Crippen LogP contribution in [0.3, 0.4) is 0 Å². The molecule has 1 aromatic carbocycles. The van der Waals surface area contributed by atoms with E-state index in [1.54, 1.807) is 0 Å². The molecule has 0 fully saturated rings. The molecule has 0 aliphatic heterocycles. The van der Waals surface area contributed by atoms with Crippen LogP contribution in [0.2, 0.25) is 0 Å². The molecule has 0 aromatic heterocycles. The Bertz CT molecular complexity index is 460. The molecule has 0 unspecified atom stereocenters. The van der Waals surface area contributed by atoms with E-state index in [-0.39, 0.29) is 12.0 Å². The Kier molecular flexibility index (Phi) is 4.12. The number of nitrogens with zero attached hydrogens (tertiary/aromatic N) is 1. The molecule has 0 spiro atoms. The van der Waals surface area contributed by atoms with E-state index in [1.165, 1.54) is 13.2 Å². The summed E-state index contributed by atoms with van der Waals surface area (Å²) in [5.41, 5.74) is 4.99. The molecule has 0 aliphatic rings. The summed E-state index contributed by atoms with van der Waals surface area (Å²) >= 11 is 0. The quantitative estimate of drug-likeness (QED) is 0.795. The Morgan fingerprint density at radius 3 is 2.47 bits per heavy atom. The van der Waals surface area contributed by atoms with Crippen LogP contribution in [0.1, 0.15) is 11.1 Å². The zero-order valence-electron chi connectivity index (χ0n) is 9.04. The first kappa shape index (κ1) is 13.1. The second-order valence-electron chi connectivity index (χ2n) is 3.38. The van der Waals surface area contributed by atoms with Gasteiger partial charge in [0.1, 0.15) is 29.3 Å². The number of carbonyl (C=O) groups excluding carboxylic acids is 1. The first-order valence-electron chi connectivity index (χ1n) is 4.71. The van der Waals surface area contributed by atoms with Gasteiger partial charge in [-0.25, -0.2) is 8.78 Å². The first-order chi connectivity index (χ1) is 7.99. The highest BCUT2D eigenvalue weighted by molar-refractivity contribution is 5.75. The highest BCUT2D eigenvalue weighted by Crippen LogP contribution is 2.15. The van der Waals surface area contributed by atoms with Crippen molar-refractivity contribution in [1.29, 1.82) is 5.26 Å². The van der Waals surface area contributed by atoms with Crippen LogP contribution < -0.4 is 5.73 Å². The Morgan fingerprint density at radius 2 is 2.06 bits per heavy atom. The number of nitriles is 1. The monoisotopic (exact) mass is 240 g/mol. The molecule has 17 heavy (non-hydrogen) atoms. The van der Waals surface area contributed by atoms with E-state index in [9.17, 15) is 13.6 Å². The van der Waals surface area contributed by atoms with Gasteiger partial charge >= 0.3 is 5.97 Å². The number of halogens is 2. The van der Waals surface area contributed by atoms with Gasteiger partial charge in [-0.15, -0.1) is 0 Å². The van der Waals surface area contributed by atoms with Gasteiger partial charge in [0.25, 0.3) is 0 Å². The van der Waals surface area contributed by atoms with Gasteiger partial charge in [0.15, 0.2) is 0 Å². The van der Waals surface area contributed by atoms with Gasteiger partial charge in [-0.2, -0.15) is 5.26 Å². The van der Waals surface area contributed by atoms with Crippen molar-refractivity contribution in [3.05, 3.63) is 34.9 Å². The summed E-state index contributed by atoms with van der Waals surface area (Å²) < 4.78 is 30.8. The van der Waals surface area contributed by atoms with E-state index < -0.39 is 29.2 Å². The van der Waals surface area contributed by atoms with Gasteiger partial charge in [-0.05, 0) is 24.1 Å². The maximum atomic E-state index is 13.2. The molecule has 0 saturated heterocycles. The van der Waals surface area contributed by atoms with Crippen LogP contribution >= 0.6 is 0 Å². The fraction of sp³-hybridized carbons (Fsp3) is 0.273. The van der Waals surface area contributed by atoms with E-state index in [2.05, 4.69) is 4.74 Å². The van der Waals surface area contributed by atoms with E-state index in [0.29, 0.717) is 0 Å². The molecule has 0 heterocycles. The van der Waals surface area contributed by atoms with Crippen molar-refractivity contribution in [2.75, 3.05) is 7.11 Å². The molecule has 0 saturated carbocycles. The van der Waals surface area contributed by atoms with Crippen molar-refractivity contribution in [3.8, 4) is 6.07 Å². The summed E-state index contributed by atoms with van der Waals surface area (Å²) in [6.07, 6.45) is -0.0633. The number of nitrogens with two attached hydrogens (primary N) is 1. The smallest absolute Gasteiger partial charge is 0.322 e. The number of esters is 1. The minimum Gasteiger partial charge on any atom is -0.468 e. The Hall–Kier alpha value is -2.00. The lowest BCUT2D eigenvalue weighted by atomic mass is 10.0. The van der Waals surface area contributed by atoms with Crippen LogP contribution in [0, 0.1) is 23.0 Å². The van der Waals surface area contributed by atoms with Crippen molar-refractivity contribution in [1.82, 2.24) is 0 Å². The van der Waals surface area contributed by atoms with Crippen LogP contribution in [-0.2, 0) is 16.0 Å². The highest BCUT2D eigenvalue weighted by Gasteiger charge is 2.17. The third-order valence-corrected chi connectivity index (χ3v) is 2.17. The molecule has 0 bridgehead atoms. The van der Waals surface area contributed by atoms with Gasteiger partial charge < -0.3 is 10.5 Å². The summed E-state index contributed by atoms with van der Waals surface area (Å²) in [7, 11) is 1.17. The van der Waals surface area contributed by atoms with Crippen LogP contribution in [0.25, 0.3) is 0 Å². The van der Waals surface area contributed by atoms with Crippen LogP contribution in [0.4, 0.5) is 8.78 Å². The van der Waals surface area contributed by atoms with E-state index in [1.807, 2.05) is 0 Å². The molecule has 90 valence electrons. The van der Waals surface area contributed by atoms with Gasteiger partial charge in [-0.1, -0.05) is 0 Å². The molecule has 1 atom stereocenters. The number of carbonyl (C=O) groups is 1. The average Bonchev–Trinajstić information content (AvgIpc) is 2.27. The largest absolute Gasteiger partial charge is 0.468 e. The van der Waals surface area contributed by atoms with Crippen molar-refractivity contribution < 1.29 is 18.3 Å². The molecule has 2 N–H and O–H groups in total. The number of rotatable bonds is 3. The molecule has 6 heteroatoms. The summed E-state index contributed by atoms with van der Waals surface area (Å²) in [5.74, 6) is -2.62. The molecular formula is C11H10F2N2O2. The lowest BCUT2D eigenvalue weighted by Crippen LogP contribution is -2.33. The normalized spacial score (nSPS) is 11.7. The highest BCUT2D eigenvalue weighted by atomic mass is 19.1. The van der Waals surface area contributed by atoms with Gasteiger partial charge in [-0.3, -0.25) is 4.79 Å². The topological polar surface area (TPSA) is 76.1 Å². The number of methoxy groups -OCH3 is 1. The summed E-state index contributed by atoms with van der Waals surface area (Å²) in [4.78, 5) is 11.0. The third-order valence-electron chi connectivity index (χ3n) is 2.17. The van der Waals surface area contributed by atoms with Gasteiger partial charge in [0, 0.05) is 0 Å². The van der Waals surface area contributed by atoms with Crippen LogP contribution in [-0.4, -0.2) is 19.1 Å². The van der Waals surface area contributed by atoms with E-state index >= 15 is 0 Å². The molecule has 1 rings (SSSR count). The van der Waals surface area contributed by atoms with Crippen LogP contribution in [0.5, 0.6) is 0 Å². The number of hydrogen-bond acceptors (Lipinski definition) is 4. The number of ether oxygens (including phenoxy) is 1. The predicted molar refractivity (Wildman–Crippen MR) is 54.8 cm³/mol. The molecule has 0 radical (unpaired) electrons. The van der Waals surface area contributed by atoms with Gasteiger partial charge in [0.2, 0.25) is 0 Å². The minimum absolute atomic E-state index is 0.0633. The summed E-state index contributed by atoms with van der Waals surface area (Å²) in [6.45, 7) is 0. The lowest BCUT2D eigenvalue weighted by Gasteiger charge is -2.09. The van der Waals surface area contributed by atoms with E-state index in [0.717, 1.165) is 12.1 Å². The summed E-state index contributed by atoms with van der Waals surface area (Å²) in [5, 5.41) is 8.47. The fourth-order valence-corrected chi connectivity index (χ4v) is 1.34. The Balaban J connectivity index is 2.95.